The van der Waals surface area contributed by atoms with Gasteiger partial charge in [-0.1, -0.05) is 64.0 Å². The standard InChI is InChI=1S/C29H37F9N2O3/c1-2-3-4-5-6-10-14-23-20-24(25-39-17-12-18-40-25)16-15-22(23)13-9-7-8-11-19-41-21-26(30,31)42-27(32,33)28(34,35)43-29(36,37)38/h12,15-18,20H,2-11,13-14,19,21H2,1H3. The topological polar surface area (TPSA) is 53.5 Å². The quantitative estimate of drug-likeness (QED) is 0.101. The Labute approximate surface area is 245 Å². The highest BCUT2D eigenvalue weighted by Gasteiger charge is 2.67. The Balaban J connectivity index is 1.78. The monoisotopic (exact) mass is 632 g/mol. The van der Waals surface area contributed by atoms with Gasteiger partial charge in [0, 0.05) is 24.6 Å². The summed E-state index contributed by atoms with van der Waals surface area (Å²) in [6.07, 6.45) is -9.50. The Bertz CT molecular complexity index is 1070. The Morgan fingerprint density at radius 2 is 1.21 bits per heavy atom. The number of nitrogens with zero attached hydrogens (tertiary/aromatic N) is 2. The van der Waals surface area contributed by atoms with Crippen LogP contribution in [0.25, 0.3) is 11.4 Å². The van der Waals surface area contributed by atoms with Crippen molar-refractivity contribution in [2.24, 2.45) is 0 Å². The van der Waals surface area contributed by atoms with E-state index in [0.717, 1.165) is 37.7 Å². The molecule has 0 saturated carbocycles. The summed E-state index contributed by atoms with van der Waals surface area (Å²) in [4.78, 5) is 8.64. The van der Waals surface area contributed by atoms with Gasteiger partial charge in [-0.05, 0) is 55.4 Å². The molecule has 0 N–H and O–H groups in total. The summed E-state index contributed by atoms with van der Waals surface area (Å²) in [5.41, 5.74) is 3.33. The number of alkyl halides is 9. The predicted octanol–water partition coefficient (Wildman–Crippen LogP) is 9.50. The first-order valence-electron chi connectivity index (χ1n) is 14.2. The molecule has 1 aromatic carbocycles. The maximum Gasteiger partial charge on any atom is 0.527 e. The van der Waals surface area contributed by atoms with E-state index in [4.69, 9.17) is 0 Å². The van der Waals surface area contributed by atoms with Crippen LogP contribution in [0.3, 0.4) is 0 Å². The third-order valence-electron chi connectivity index (χ3n) is 6.45. The van der Waals surface area contributed by atoms with Crippen molar-refractivity contribution in [2.75, 3.05) is 13.2 Å². The SMILES string of the molecule is CCCCCCCCc1cc(-c2ncccn2)ccc1CCCCCCOCC(F)(F)OC(F)(F)C(F)(F)OC(F)(F)F. The fourth-order valence-electron chi connectivity index (χ4n) is 4.33. The van der Waals surface area contributed by atoms with Crippen molar-refractivity contribution >= 4 is 0 Å². The second kappa shape index (κ2) is 17.1. The van der Waals surface area contributed by atoms with Gasteiger partial charge in [0.25, 0.3) is 0 Å². The van der Waals surface area contributed by atoms with Gasteiger partial charge in [0.05, 0.1) is 0 Å². The molecule has 5 nitrogen and oxygen atoms in total. The third-order valence-corrected chi connectivity index (χ3v) is 6.45. The second-order valence-corrected chi connectivity index (χ2v) is 10.1. The minimum absolute atomic E-state index is 0.259. The van der Waals surface area contributed by atoms with Gasteiger partial charge < -0.3 is 4.74 Å². The maximum atomic E-state index is 13.5. The molecule has 1 aromatic heterocycles. The van der Waals surface area contributed by atoms with Crippen LogP contribution in [0.5, 0.6) is 0 Å². The molecule has 14 heteroatoms. The van der Waals surface area contributed by atoms with Crippen molar-refractivity contribution < 1.29 is 53.7 Å². The smallest absolute Gasteiger partial charge is 0.372 e. The van der Waals surface area contributed by atoms with E-state index in [1.807, 2.05) is 10.8 Å². The van der Waals surface area contributed by atoms with Crippen LogP contribution in [0.4, 0.5) is 39.5 Å². The number of halogens is 9. The van der Waals surface area contributed by atoms with Crippen LogP contribution in [0.1, 0.15) is 82.3 Å². The maximum absolute atomic E-state index is 13.5. The molecule has 0 fully saturated rings. The van der Waals surface area contributed by atoms with Crippen molar-refractivity contribution in [3.05, 3.63) is 47.8 Å². The predicted molar refractivity (Wildman–Crippen MR) is 141 cm³/mol. The minimum atomic E-state index is -6.38. The lowest BCUT2D eigenvalue weighted by atomic mass is 9.94. The molecule has 244 valence electrons. The van der Waals surface area contributed by atoms with E-state index in [1.165, 1.54) is 36.8 Å². The number of aromatic nitrogens is 2. The molecule has 0 unspecified atom stereocenters. The first-order chi connectivity index (χ1) is 20.2. The van der Waals surface area contributed by atoms with Crippen LogP contribution >= 0.6 is 0 Å². The zero-order valence-corrected chi connectivity index (χ0v) is 23.9. The van der Waals surface area contributed by atoms with Crippen LogP contribution < -0.4 is 0 Å². The number of rotatable bonds is 21. The van der Waals surface area contributed by atoms with Gasteiger partial charge in [0.1, 0.15) is 6.61 Å². The van der Waals surface area contributed by atoms with E-state index in [1.54, 1.807) is 18.5 Å². The van der Waals surface area contributed by atoms with Crippen LogP contribution in [-0.4, -0.2) is 47.9 Å². The van der Waals surface area contributed by atoms with Gasteiger partial charge in [-0.3, -0.25) is 0 Å². The summed E-state index contributed by atoms with van der Waals surface area (Å²) in [6.45, 7) is -0.00975. The fourth-order valence-corrected chi connectivity index (χ4v) is 4.33. The number of hydrogen-bond acceptors (Lipinski definition) is 5. The van der Waals surface area contributed by atoms with Crippen LogP contribution in [0.2, 0.25) is 0 Å². The van der Waals surface area contributed by atoms with E-state index in [0.29, 0.717) is 18.7 Å². The van der Waals surface area contributed by atoms with E-state index >= 15 is 0 Å². The molecule has 0 bridgehead atoms. The number of benzene rings is 1. The van der Waals surface area contributed by atoms with Crippen molar-refractivity contribution in [3.8, 4) is 11.4 Å². The van der Waals surface area contributed by atoms with E-state index in [2.05, 4.69) is 38.5 Å². The van der Waals surface area contributed by atoms with Gasteiger partial charge in [0.2, 0.25) is 0 Å². The summed E-state index contributed by atoms with van der Waals surface area (Å²) in [5, 5.41) is 0. The van der Waals surface area contributed by atoms with Gasteiger partial charge in [-0.15, -0.1) is 13.2 Å². The molecule has 1 heterocycles. The highest BCUT2D eigenvalue weighted by molar-refractivity contribution is 5.57. The zero-order chi connectivity index (χ0) is 32.0. The average molecular weight is 633 g/mol. The summed E-state index contributed by atoms with van der Waals surface area (Å²) < 4.78 is 124. The number of aryl methyl sites for hydroxylation is 2. The lowest BCUT2D eigenvalue weighted by Gasteiger charge is -2.29. The zero-order valence-electron chi connectivity index (χ0n) is 23.9. The summed E-state index contributed by atoms with van der Waals surface area (Å²) in [5.74, 6) is 0.640. The first kappa shape index (κ1) is 36.7. The number of hydrogen-bond donors (Lipinski definition) is 0. The molecule has 0 atom stereocenters. The molecular formula is C29H37F9N2O3. The second-order valence-electron chi connectivity index (χ2n) is 10.1. The first-order valence-corrected chi connectivity index (χ1v) is 14.2. The summed E-state index contributed by atoms with van der Waals surface area (Å²) >= 11 is 0. The molecule has 2 rings (SSSR count). The van der Waals surface area contributed by atoms with Crippen molar-refractivity contribution in [2.45, 2.75) is 109 Å². The highest BCUT2D eigenvalue weighted by atomic mass is 19.4. The van der Waals surface area contributed by atoms with Crippen molar-refractivity contribution in [1.82, 2.24) is 9.97 Å². The van der Waals surface area contributed by atoms with E-state index in [9.17, 15) is 39.5 Å². The number of unbranched alkanes of at least 4 members (excludes halogenated alkanes) is 8. The van der Waals surface area contributed by atoms with Gasteiger partial charge >= 0.3 is 24.7 Å². The summed E-state index contributed by atoms with van der Waals surface area (Å²) in [7, 11) is 0. The Hall–Kier alpha value is -2.45. The normalized spacial score (nSPS) is 13.1. The Kier molecular flexibility index (Phi) is 14.6. The third kappa shape index (κ3) is 13.8. The van der Waals surface area contributed by atoms with Crippen LogP contribution in [0, 0.1) is 0 Å². The van der Waals surface area contributed by atoms with Crippen LogP contribution in [0.15, 0.2) is 36.7 Å². The Morgan fingerprint density at radius 1 is 0.651 bits per heavy atom. The molecule has 0 spiro atoms. The highest BCUT2D eigenvalue weighted by Crippen LogP contribution is 2.43. The van der Waals surface area contributed by atoms with Gasteiger partial charge in [-0.2, -0.15) is 26.3 Å². The lowest BCUT2D eigenvalue weighted by molar-refractivity contribution is -0.530. The number of ether oxygens (including phenoxy) is 3. The molecule has 0 amide bonds. The van der Waals surface area contributed by atoms with Gasteiger partial charge in [-0.25, -0.2) is 19.4 Å². The molecule has 0 saturated heterocycles. The van der Waals surface area contributed by atoms with Crippen molar-refractivity contribution in [3.63, 3.8) is 0 Å². The molecule has 43 heavy (non-hydrogen) atoms. The largest absolute Gasteiger partial charge is 0.527 e. The summed E-state index contributed by atoms with van der Waals surface area (Å²) in [6, 6.07) is 7.89. The lowest BCUT2D eigenvalue weighted by Crippen LogP contribution is -2.51. The molecule has 2 aromatic rings. The molecule has 0 aliphatic carbocycles. The Morgan fingerprint density at radius 3 is 1.84 bits per heavy atom. The van der Waals surface area contributed by atoms with E-state index in [-0.39, 0.29) is 13.0 Å². The molecule has 0 aliphatic rings. The molecular weight excluding hydrogens is 595 g/mol. The minimum Gasteiger partial charge on any atom is -0.372 e. The van der Waals surface area contributed by atoms with Crippen LogP contribution in [-0.2, 0) is 27.1 Å². The molecule has 0 radical (unpaired) electrons. The fraction of sp³-hybridized carbons (Fsp3) is 0.655. The van der Waals surface area contributed by atoms with Gasteiger partial charge in [0.15, 0.2) is 5.82 Å². The molecule has 0 aliphatic heterocycles. The van der Waals surface area contributed by atoms with E-state index < -0.39 is 31.3 Å². The van der Waals surface area contributed by atoms with Crippen molar-refractivity contribution in [1.29, 1.82) is 0 Å². The average Bonchev–Trinajstić information content (AvgIpc) is 2.91.